The van der Waals surface area contributed by atoms with Crippen LogP contribution >= 0.6 is 24.8 Å². The van der Waals surface area contributed by atoms with E-state index in [4.69, 9.17) is 4.74 Å². The first kappa shape index (κ1) is 21.3. The average molecular weight is 352 g/mol. The van der Waals surface area contributed by atoms with Crippen LogP contribution in [0.5, 0.6) is 11.5 Å². The molecule has 22 heavy (non-hydrogen) atoms. The molecular weight excluding hydrogens is 325 g/mol. The van der Waals surface area contributed by atoms with E-state index in [0.29, 0.717) is 5.75 Å². The molecule has 1 fully saturated rings. The van der Waals surface area contributed by atoms with E-state index in [1.807, 2.05) is 12.1 Å². The first-order valence-electron chi connectivity index (χ1n) is 7.16. The Kier molecular flexibility index (Phi) is 10.6. The van der Waals surface area contributed by atoms with Crippen molar-refractivity contribution in [2.75, 3.05) is 53.4 Å². The summed E-state index contributed by atoms with van der Waals surface area (Å²) < 4.78 is 5.06. The minimum absolute atomic E-state index is 0. The topological polar surface area (TPSA) is 48.0 Å². The molecule has 1 aromatic carbocycles. The Labute approximate surface area is 145 Å². The van der Waals surface area contributed by atoms with Crippen LogP contribution in [0.4, 0.5) is 0 Å². The van der Waals surface area contributed by atoms with Gasteiger partial charge in [-0.25, -0.2) is 0 Å². The van der Waals surface area contributed by atoms with Crippen molar-refractivity contribution >= 4 is 24.8 Å². The molecule has 1 aromatic rings. The molecule has 128 valence electrons. The fraction of sp³-hybridized carbons (Fsp3) is 0.600. The van der Waals surface area contributed by atoms with Crippen molar-refractivity contribution in [3.8, 4) is 11.5 Å². The third-order valence-corrected chi connectivity index (χ3v) is 3.70. The van der Waals surface area contributed by atoms with E-state index in [1.54, 1.807) is 13.2 Å². The summed E-state index contributed by atoms with van der Waals surface area (Å²) in [6.07, 6.45) is 0. The van der Waals surface area contributed by atoms with E-state index in [1.165, 1.54) is 0 Å². The molecule has 0 radical (unpaired) electrons. The number of benzene rings is 1. The largest absolute Gasteiger partial charge is 0.504 e. The number of nitrogens with zero attached hydrogens (tertiary/aromatic N) is 2. The van der Waals surface area contributed by atoms with Gasteiger partial charge in [-0.2, -0.15) is 0 Å². The number of hydrogen-bond donors (Lipinski definition) is 2. The third kappa shape index (κ3) is 6.58. The van der Waals surface area contributed by atoms with Crippen LogP contribution < -0.4 is 10.1 Å². The Hall–Kier alpha value is -0.720. The highest BCUT2D eigenvalue weighted by Gasteiger charge is 2.10. The Morgan fingerprint density at radius 2 is 1.95 bits per heavy atom. The number of ether oxygens (including phenoxy) is 1. The zero-order valence-corrected chi connectivity index (χ0v) is 14.9. The lowest BCUT2D eigenvalue weighted by atomic mass is 10.2. The van der Waals surface area contributed by atoms with E-state index in [9.17, 15) is 5.11 Å². The van der Waals surface area contributed by atoms with Gasteiger partial charge in [-0.05, 0) is 24.7 Å². The van der Waals surface area contributed by atoms with Crippen LogP contribution in [-0.4, -0.2) is 68.3 Å². The maximum atomic E-state index is 9.78. The van der Waals surface area contributed by atoms with Gasteiger partial charge in [0.25, 0.3) is 0 Å². The molecule has 0 atom stereocenters. The van der Waals surface area contributed by atoms with Gasteiger partial charge in [0.1, 0.15) is 0 Å². The van der Waals surface area contributed by atoms with Crippen LogP contribution in [-0.2, 0) is 6.54 Å². The van der Waals surface area contributed by atoms with Gasteiger partial charge in [0.05, 0.1) is 7.11 Å². The lowest BCUT2D eigenvalue weighted by Crippen LogP contribution is -2.45. The van der Waals surface area contributed by atoms with Crippen LogP contribution in [0.2, 0.25) is 0 Å². The fourth-order valence-electron chi connectivity index (χ4n) is 2.47. The molecule has 1 saturated heterocycles. The van der Waals surface area contributed by atoms with Crippen LogP contribution in [0, 0.1) is 0 Å². The second-order valence-corrected chi connectivity index (χ2v) is 5.34. The van der Waals surface area contributed by atoms with Crippen LogP contribution in [0.3, 0.4) is 0 Å². The maximum Gasteiger partial charge on any atom is 0.160 e. The van der Waals surface area contributed by atoms with Crippen molar-refractivity contribution in [3.05, 3.63) is 23.8 Å². The van der Waals surface area contributed by atoms with E-state index >= 15 is 0 Å². The van der Waals surface area contributed by atoms with Crippen LogP contribution in [0.25, 0.3) is 0 Å². The summed E-state index contributed by atoms with van der Waals surface area (Å²) in [5, 5.41) is 13.1. The summed E-state index contributed by atoms with van der Waals surface area (Å²) in [6.45, 7) is 7.43. The second-order valence-electron chi connectivity index (χ2n) is 5.34. The maximum absolute atomic E-state index is 9.78. The number of hydrogen-bond acceptors (Lipinski definition) is 5. The number of aromatic hydroxyl groups is 1. The SMILES string of the molecule is COc1ccc(CN(C)CCN2CCNCC2)cc1O.Cl.Cl. The van der Waals surface area contributed by atoms with Gasteiger partial charge < -0.3 is 20.1 Å². The number of piperazine rings is 1. The van der Waals surface area contributed by atoms with E-state index < -0.39 is 0 Å². The molecule has 0 unspecified atom stereocenters. The van der Waals surface area contributed by atoms with Crippen molar-refractivity contribution in [3.63, 3.8) is 0 Å². The second kappa shape index (κ2) is 10.9. The summed E-state index contributed by atoms with van der Waals surface area (Å²) in [6, 6.07) is 5.59. The number of phenolic OH excluding ortho intramolecular Hbond substituents is 1. The molecule has 0 saturated carbocycles. The minimum atomic E-state index is 0. The van der Waals surface area contributed by atoms with Crippen molar-refractivity contribution in [2.24, 2.45) is 0 Å². The van der Waals surface area contributed by atoms with Gasteiger partial charge in [-0.1, -0.05) is 6.07 Å². The summed E-state index contributed by atoms with van der Waals surface area (Å²) in [5.41, 5.74) is 1.10. The fourth-order valence-corrected chi connectivity index (χ4v) is 2.47. The Bertz CT molecular complexity index is 429. The highest BCUT2D eigenvalue weighted by molar-refractivity contribution is 5.85. The molecule has 1 heterocycles. The lowest BCUT2D eigenvalue weighted by molar-refractivity contribution is 0.202. The summed E-state index contributed by atoms with van der Waals surface area (Å²) in [5.74, 6) is 0.734. The summed E-state index contributed by atoms with van der Waals surface area (Å²) in [4.78, 5) is 4.77. The molecule has 0 spiro atoms. The molecular formula is C15H27Cl2N3O2. The van der Waals surface area contributed by atoms with Crippen LogP contribution in [0.1, 0.15) is 5.56 Å². The van der Waals surface area contributed by atoms with Crippen molar-refractivity contribution in [1.29, 1.82) is 0 Å². The van der Waals surface area contributed by atoms with Gasteiger partial charge >= 0.3 is 0 Å². The third-order valence-electron chi connectivity index (χ3n) is 3.70. The molecule has 0 bridgehead atoms. The molecule has 0 aliphatic carbocycles. The summed E-state index contributed by atoms with van der Waals surface area (Å²) >= 11 is 0. The Morgan fingerprint density at radius 3 is 2.55 bits per heavy atom. The Morgan fingerprint density at radius 1 is 1.27 bits per heavy atom. The summed E-state index contributed by atoms with van der Waals surface area (Å²) in [7, 11) is 3.68. The molecule has 0 amide bonds. The predicted molar refractivity (Wildman–Crippen MR) is 94.8 cm³/mol. The molecule has 2 N–H and O–H groups in total. The number of methoxy groups -OCH3 is 1. The number of phenols is 1. The zero-order chi connectivity index (χ0) is 14.4. The molecule has 1 aliphatic heterocycles. The monoisotopic (exact) mass is 351 g/mol. The standard InChI is InChI=1S/C15H25N3O2.2ClH/c1-17(9-10-18-7-5-16-6-8-18)12-13-3-4-15(20-2)14(19)11-13;;/h3-4,11,16,19H,5-10,12H2,1-2H3;2*1H. The molecule has 5 nitrogen and oxygen atoms in total. The van der Waals surface area contributed by atoms with Gasteiger partial charge in [0, 0.05) is 45.8 Å². The number of nitrogens with one attached hydrogen (secondary N) is 1. The van der Waals surface area contributed by atoms with Gasteiger partial charge in [-0.15, -0.1) is 24.8 Å². The zero-order valence-electron chi connectivity index (χ0n) is 13.2. The quantitative estimate of drug-likeness (QED) is 0.814. The highest BCUT2D eigenvalue weighted by atomic mass is 35.5. The average Bonchev–Trinajstić information content (AvgIpc) is 2.46. The van der Waals surface area contributed by atoms with Crippen LogP contribution in [0.15, 0.2) is 18.2 Å². The predicted octanol–water partition coefficient (Wildman–Crippen LogP) is 1.58. The first-order chi connectivity index (χ1) is 9.69. The number of rotatable bonds is 6. The van der Waals surface area contributed by atoms with Crippen molar-refractivity contribution in [2.45, 2.75) is 6.54 Å². The van der Waals surface area contributed by atoms with E-state index in [0.717, 1.165) is 51.4 Å². The molecule has 7 heteroatoms. The van der Waals surface area contributed by atoms with E-state index in [-0.39, 0.29) is 30.6 Å². The molecule has 2 rings (SSSR count). The van der Waals surface area contributed by atoms with Crippen molar-refractivity contribution in [1.82, 2.24) is 15.1 Å². The normalized spacial score (nSPS) is 15.0. The van der Waals surface area contributed by atoms with Gasteiger partial charge in [0.2, 0.25) is 0 Å². The smallest absolute Gasteiger partial charge is 0.160 e. The minimum Gasteiger partial charge on any atom is -0.504 e. The number of likely N-dealkylation sites (N-methyl/N-ethyl adjacent to an activating group) is 1. The lowest BCUT2D eigenvalue weighted by Gasteiger charge is -2.29. The van der Waals surface area contributed by atoms with Gasteiger partial charge in [-0.3, -0.25) is 4.90 Å². The molecule has 1 aliphatic rings. The molecule has 0 aromatic heterocycles. The van der Waals surface area contributed by atoms with Gasteiger partial charge in [0.15, 0.2) is 11.5 Å². The highest BCUT2D eigenvalue weighted by Crippen LogP contribution is 2.26. The number of halogens is 2. The first-order valence-corrected chi connectivity index (χ1v) is 7.16. The Balaban J connectivity index is 0.00000220. The van der Waals surface area contributed by atoms with Crippen molar-refractivity contribution < 1.29 is 9.84 Å². The van der Waals surface area contributed by atoms with E-state index in [2.05, 4.69) is 22.2 Å².